The Morgan fingerprint density at radius 1 is 1.44 bits per heavy atom. The minimum atomic E-state index is 0.208. The molecule has 2 aromatic rings. The highest BCUT2D eigenvalue weighted by Crippen LogP contribution is 2.24. The van der Waals surface area contributed by atoms with Gasteiger partial charge in [0.05, 0.1) is 0 Å². The van der Waals surface area contributed by atoms with E-state index in [2.05, 4.69) is 34.8 Å². The number of benzene rings is 1. The summed E-state index contributed by atoms with van der Waals surface area (Å²) in [5, 5.41) is 1.00. The number of hydrogen-bond acceptors (Lipinski definition) is 1. The Morgan fingerprint density at radius 2 is 2.19 bits per heavy atom. The van der Waals surface area contributed by atoms with Gasteiger partial charge in [0.15, 0.2) is 5.78 Å². The standard InChI is InChI=1S/C13H14BrNO/c1-8(2)5-13(16)11-7-15-12-4-3-9(14)6-10(11)12/h3-4,6-8,15H,5H2,1-2H3. The monoisotopic (exact) mass is 279 g/mol. The average molecular weight is 280 g/mol. The fourth-order valence-electron chi connectivity index (χ4n) is 1.80. The first-order valence-electron chi connectivity index (χ1n) is 5.37. The van der Waals surface area contributed by atoms with Crippen LogP contribution in [0, 0.1) is 5.92 Å². The molecule has 16 heavy (non-hydrogen) atoms. The molecule has 1 aromatic carbocycles. The largest absolute Gasteiger partial charge is 0.360 e. The Kier molecular flexibility index (Phi) is 3.15. The third kappa shape index (κ3) is 2.19. The molecule has 1 N–H and O–H groups in total. The van der Waals surface area contributed by atoms with Gasteiger partial charge in [-0.1, -0.05) is 29.8 Å². The molecule has 0 fully saturated rings. The summed E-state index contributed by atoms with van der Waals surface area (Å²) >= 11 is 3.43. The lowest BCUT2D eigenvalue weighted by Gasteiger charge is -2.02. The highest BCUT2D eigenvalue weighted by atomic mass is 79.9. The van der Waals surface area contributed by atoms with Gasteiger partial charge in [0.1, 0.15) is 0 Å². The van der Waals surface area contributed by atoms with Crippen LogP contribution < -0.4 is 0 Å². The van der Waals surface area contributed by atoms with Crippen molar-refractivity contribution in [2.24, 2.45) is 5.92 Å². The first-order valence-corrected chi connectivity index (χ1v) is 6.17. The van der Waals surface area contributed by atoms with E-state index >= 15 is 0 Å². The molecule has 0 saturated heterocycles. The predicted molar refractivity (Wildman–Crippen MR) is 69.8 cm³/mol. The van der Waals surface area contributed by atoms with Crippen molar-refractivity contribution in [2.75, 3.05) is 0 Å². The zero-order valence-corrected chi connectivity index (χ0v) is 11.0. The molecule has 0 aliphatic carbocycles. The highest BCUT2D eigenvalue weighted by Gasteiger charge is 2.13. The van der Waals surface area contributed by atoms with Crippen molar-refractivity contribution in [1.82, 2.24) is 4.98 Å². The molecular weight excluding hydrogens is 266 g/mol. The number of aromatic amines is 1. The number of fused-ring (bicyclic) bond motifs is 1. The Bertz CT molecular complexity index is 528. The van der Waals surface area contributed by atoms with Crippen LogP contribution in [-0.4, -0.2) is 10.8 Å². The number of Topliss-reactive ketones (excluding diaryl/α,β-unsaturated/α-hetero) is 1. The maximum Gasteiger partial charge on any atom is 0.165 e. The minimum Gasteiger partial charge on any atom is -0.360 e. The van der Waals surface area contributed by atoms with Crippen LogP contribution in [0.3, 0.4) is 0 Å². The molecule has 0 bridgehead atoms. The molecule has 0 aliphatic rings. The van der Waals surface area contributed by atoms with Gasteiger partial charge in [-0.3, -0.25) is 4.79 Å². The molecule has 1 heterocycles. The van der Waals surface area contributed by atoms with Crippen molar-refractivity contribution in [3.63, 3.8) is 0 Å². The normalized spacial score (nSPS) is 11.2. The van der Waals surface area contributed by atoms with Gasteiger partial charge < -0.3 is 4.98 Å². The molecule has 0 aliphatic heterocycles. The van der Waals surface area contributed by atoms with Gasteiger partial charge in [-0.25, -0.2) is 0 Å². The number of aromatic nitrogens is 1. The van der Waals surface area contributed by atoms with E-state index in [1.54, 1.807) is 0 Å². The zero-order valence-electron chi connectivity index (χ0n) is 9.38. The van der Waals surface area contributed by atoms with Crippen LogP contribution >= 0.6 is 15.9 Å². The van der Waals surface area contributed by atoms with Crippen LogP contribution in [0.5, 0.6) is 0 Å². The van der Waals surface area contributed by atoms with Crippen molar-refractivity contribution in [1.29, 1.82) is 0 Å². The molecule has 2 nitrogen and oxygen atoms in total. The molecule has 0 spiro atoms. The maximum atomic E-state index is 12.0. The van der Waals surface area contributed by atoms with E-state index in [9.17, 15) is 4.79 Å². The molecular formula is C13H14BrNO. The van der Waals surface area contributed by atoms with Crippen molar-refractivity contribution in [3.8, 4) is 0 Å². The number of H-pyrrole nitrogens is 1. The average Bonchev–Trinajstić information content (AvgIpc) is 2.59. The Balaban J connectivity index is 2.44. The Labute approximate surface area is 103 Å². The second-order valence-corrected chi connectivity index (χ2v) is 5.33. The summed E-state index contributed by atoms with van der Waals surface area (Å²) in [5.74, 6) is 0.601. The van der Waals surface area contributed by atoms with Crippen LogP contribution in [-0.2, 0) is 0 Å². The molecule has 3 heteroatoms. The number of ketones is 1. The molecule has 0 saturated carbocycles. The predicted octanol–water partition coefficient (Wildman–Crippen LogP) is 4.16. The van der Waals surface area contributed by atoms with Crippen LogP contribution in [0.4, 0.5) is 0 Å². The molecule has 84 valence electrons. The van der Waals surface area contributed by atoms with Gasteiger partial charge in [-0.2, -0.15) is 0 Å². The summed E-state index contributed by atoms with van der Waals surface area (Å²) in [7, 11) is 0. The van der Waals surface area contributed by atoms with E-state index < -0.39 is 0 Å². The zero-order chi connectivity index (χ0) is 11.7. The van der Waals surface area contributed by atoms with Crippen molar-refractivity contribution >= 4 is 32.6 Å². The summed E-state index contributed by atoms with van der Waals surface area (Å²) in [6.45, 7) is 4.12. The molecule has 0 radical (unpaired) electrons. The highest BCUT2D eigenvalue weighted by molar-refractivity contribution is 9.10. The van der Waals surface area contributed by atoms with E-state index in [1.807, 2.05) is 24.4 Å². The first kappa shape index (κ1) is 11.4. The summed E-state index contributed by atoms with van der Waals surface area (Å²) in [6.07, 6.45) is 2.40. The number of hydrogen-bond donors (Lipinski definition) is 1. The lowest BCUT2D eigenvalue weighted by Crippen LogP contribution is -2.02. The Morgan fingerprint density at radius 3 is 2.88 bits per heavy atom. The fourth-order valence-corrected chi connectivity index (χ4v) is 2.17. The number of rotatable bonds is 3. The van der Waals surface area contributed by atoms with Crippen molar-refractivity contribution in [2.45, 2.75) is 20.3 Å². The van der Waals surface area contributed by atoms with Crippen LogP contribution in [0.25, 0.3) is 10.9 Å². The third-order valence-corrected chi connectivity index (χ3v) is 3.03. The van der Waals surface area contributed by atoms with Crippen molar-refractivity contribution in [3.05, 3.63) is 34.4 Å². The summed E-state index contributed by atoms with van der Waals surface area (Å²) in [5.41, 5.74) is 1.81. The molecule has 0 unspecified atom stereocenters. The van der Waals surface area contributed by atoms with E-state index in [-0.39, 0.29) is 5.78 Å². The fraction of sp³-hybridized carbons (Fsp3) is 0.308. The SMILES string of the molecule is CC(C)CC(=O)c1c[nH]c2ccc(Br)cc12. The van der Waals surface area contributed by atoms with Gasteiger partial charge >= 0.3 is 0 Å². The Hall–Kier alpha value is -1.09. The number of halogens is 1. The third-order valence-electron chi connectivity index (χ3n) is 2.54. The van der Waals surface area contributed by atoms with E-state index in [0.29, 0.717) is 12.3 Å². The van der Waals surface area contributed by atoms with Gasteiger partial charge in [0, 0.05) is 33.6 Å². The molecule has 1 aromatic heterocycles. The van der Waals surface area contributed by atoms with E-state index in [1.165, 1.54) is 0 Å². The molecule has 2 rings (SSSR count). The van der Waals surface area contributed by atoms with Gasteiger partial charge in [-0.05, 0) is 24.1 Å². The van der Waals surface area contributed by atoms with Gasteiger partial charge in [-0.15, -0.1) is 0 Å². The van der Waals surface area contributed by atoms with E-state index in [0.717, 1.165) is 20.9 Å². The van der Waals surface area contributed by atoms with Crippen molar-refractivity contribution < 1.29 is 4.79 Å². The smallest absolute Gasteiger partial charge is 0.165 e. The van der Waals surface area contributed by atoms with Crippen LogP contribution in [0.2, 0.25) is 0 Å². The quantitative estimate of drug-likeness (QED) is 0.841. The first-order chi connectivity index (χ1) is 7.58. The second-order valence-electron chi connectivity index (χ2n) is 4.41. The summed E-state index contributed by atoms with van der Waals surface area (Å²) < 4.78 is 0.998. The minimum absolute atomic E-state index is 0.208. The summed E-state index contributed by atoms with van der Waals surface area (Å²) in [4.78, 5) is 15.1. The molecule has 0 atom stereocenters. The van der Waals surface area contributed by atoms with Gasteiger partial charge in [0.25, 0.3) is 0 Å². The lowest BCUT2D eigenvalue weighted by molar-refractivity contribution is 0.0969. The van der Waals surface area contributed by atoms with Gasteiger partial charge in [0.2, 0.25) is 0 Å². The topological polar surface area (TPSA) is 32.9 Å². The number of nitrogens with one attached hydrogen (secondary N) is 1. The lowest BCUT2D eigenvalue weighted by atomic mass is 10.0. The van der Waals surface area contributed by atoms with Crippen LogP contribution in [0.1, 0.15) is 30.6 Å². The van der Waals surface area contributed by atoms with E-state index in [4.69, 9.17) is 0 Å². The molecule has 0 amide bonds. The maximum absolute atomic E-state index is 12.0. The number of carbonyl (C=O) groups excluding carboxylic acids is 1. The number of carbonyl (C=O) groups is 1. The summed E-state index contributed by atoms with van der Waals surface area (Å²) in [6, 6.07) is 5.93. The van der Waals surface area contributed by atoms with Crippen LogP contribution in [0.15, 0.2) is 28.9 Å². The second kappa shape index (κ2) is 4.42.